The highest BCUT2D eigenvalue weighted by Crippen LogP contribution is 2.30. The average molecular weight is 211 g/mol. The van der Waals surface area contributed by atoms with E-state index in [9.17, 15) is 0 Å². The largest absolute Gasteiger partial charge is 0.256 e. The van der Waals surface area contributed by atoms with Crippen LogP contribution in [-0.2, 0) is 0 Å². The molecule has 0 N–H and O–H groups in total. The van der Waals surface area contributed by atoms with Crippen molar-refractivity contribution in [2.45, 2.75) is 25.7 Å². The molecule has 1 heterocycles. The van der Waals surface area contributed by atoms with E-state index in [-0.39, 0.29) is 0 Å². The van der Waals surface area contributed by atoms with Gasteiger partial charge in [-0.2, -0.15) is 0 Å². The molecule has 0 fully saturated rings. The van der Waals surface area contributed by atoms with E-state index < -0.39 is 0 Å². The van der Waals surface area contributed by atoms with E-state index in [1.54, 1.807) is 6.08 Å². The van der Waals surface area contributed by atoms with Gasteiger partial charge in [0, 0.05) is 11.8 Å². The number of allylic oxidation sites excluding steroid dienone is 2. The number of hydrogen-bond donors (Lipinski definition) is 0. The smallest absolute Gasteiger partial charge is 0.0701 e. The van der Waals surface area contributed by atoms with E-state index in [0.717, 1.165) is 11.3 Å². The Bertz CT molecular complexity index is 441. The molecule has 0 saturated carbocycles. The molecule has 0 spiro atoms. The molecule has 1 aromatic rings. The minimum Gasteiger partial charge on any atom is -0.256 e. The van der Waals surface area contributed by atoms with Crippen LogP contribution < -0.4 is 0 Å². The Morgan fingerprint density at radius 1 is 1.19 bits per heavy atom. The standard InChI is InChI=1S/C15H17N/c1-3-13-14(10-11-16-15(13)4-2)12-8-6-5-7-9-12/h3-4,8,10-11H,1-2,5-7,9H2. The molecule has 0 aromatic carbocycles. The fraction of sp³-hybridized carbons (Fsp3) is 0.267. The highest BCUT2D eigenvalue weighted by Gasteiger charge is 2.11. The molecule has 1 nitrogen and oxygen atoms in total. The highest BCUT2D eigenvalue weighted by molar-refractivity contribution is 5.77. The lowest BCUT2D eigenvalue weighted by Crippen LogP contribution is -1.97. The van der Waals surface area contributed by atoms with Crippen molar-refractivity contribution in [3.63, 3.8) is 0 Å². The topological polar surface area (TPSA) is 12.9 Å². The van der Waals surface area contributed by atoms with Gasteiger partial charge < -0.3 is 0 Å². The first kappa shape index (κ1) is 10.9. The second-order valence-corrected chi connectivity index (χ2v) is 4.04. The van der Waals surface area contributed by atoms with Gasteiger partial charge in [-0.25, -0.2) is 0 Å². The van der Waals surface area contributed by atoms with Crippen molar-refractivity contribution in [3.05, 3.63) is 48.3 Å². The third-order valence-electron chi connectivity index (χ3n) is 3.06. The molecule has 0 unspecified atom stereocenters. The Kier molecular flexibility index (Phi) is 3.35. The lowest BCUT2D eigenvalue weighted by molar-refractivity contribution is 0.742. The quantitative estimate of drug-likeness (QED) is 0.725. The second kappa shape index (κ2) is 4.93. The molecule has 0 bridgehead atoms. The van der Waals surface area contributed by atoms with Gasteiger partial charge in [-0.15, -0.1) is 0 Å². The predicted molar refractivity (Wildman–Crippen MR) is 70.9 cm³/mol. The normalized spacial score (nSPS) is 15.4. The molecule has 1 aromatic heterocycles. The van der Waals surface area contributed by atoms with Crippen LogP contribution in [0.3, 0.4) is 0 Å². The lowest BCUT2D eigenvalue weighted by Gasteiger charge is -2.16. The first-order chi connectivity index (χ1) is 7.86. The van der Waals surface area contributed by atoms with Crippen LogP contribution in [0.2, 0.25) is 0 Å². The van der Waals surface area contributed by atoms with Gasteiger partial charge in [-0.1, -0.05) is 25.3 Å². The van der Waals surface area contributed by atoms with Gasteiger partial charge in [0.1, 0.15) is 0 Å². The van der Waals surface area contributed by atoms with E-state index in [1.165, 1.54) is 36.8 Å². The van der Waals surface area contributed by atoms with Crippen LogP contribution in [0, 0.1) is 0 Å². The minimum absolute atomic E-state index is 0.930. The van der Waals surface area contributed by atoms with E-state index in [0.29, 0.717) is 0 Å². The summed E-state index contributed by atoms with van der Waals surface area (Å²) in [6.45, 7) is 7.68. The number of pyridine rings is 1. The van der Waals surface area contributed by atoms with Gasteiger partial charge >= 0.3 is 0 Å². The van der Waals surface area contributed by atoms with Crippen molar-refractivity contribution in [2.24, 2.45) is 0 Å². The molecule has 0 aliphatic heterocycles. The molecule has 2 rings (SSSR count). The van der Waals surface area contributed by atoms with E-state index in [1.807, 2.05) is 12.3 Å². The van der Waals surface area contributed by atoms with Gasteiger partial charge in [-0.3, -0.25) is 4.98 Å². The molecule has 1 heteroatoms. The van der Waals surface area contributed by atoms with Crippen molar-refractivity contribution >= 4 is 17.7 Å². The minimum atomic E-state index is 0.930. The Hall–Kier alpha value is -1.63. The van der Waals surface area contributed by atoms with Crippen LogP contribution in [0.5, 0.6) is 0 Å². The molecule has 1 aliphatic rings. The molecule has 0 atom stereocenters. The van der Waals surface area contributed by atoms with E-state index >= 15 is 0 Å². The molecule has 0 radical (unpaired) electrons. The zero-order valence-corrected chi connectivity index (χ0v) is 9.58. The van der Waals surface area contributed by atoms with Crippen LogP contribution in [-0.4, -0.2) is 4.98 Å². The third-order valence-corrected chi connectivity index (χ3v) is 3.06. The van der Waals surface area contributed by atoms with Crippen molar-refractivity contribution in [1.29, 1.82) is 0 Å². The van der Waals surface area contributed by atoms with Crippen LogP contribution in [0.4, 0.5) is 0 Å². The third kappa shape index (κ3) is 1.99. The number of rotatable bonds is 3. The second-order valence-electron chi connectivity index (χ2n) is 4.04. The monoisotopic (exact) mass is 211 g/mol. The summed E-state index contributed by atoms with van der Waals surface area (Å²) >= 11 is 0. The first-order valence-electron chi connectivity index (χ1n) is 5.80. The molecule has 1 aliphatic carbocycles. The Morgan fingerprint density at radius 3 is 2.69 bits per heavy atom. The highest BCUT2D eigenvalue weighted by atomic mass is 14.7. The summed E-state index contributed by atoms with van der Waals surface area (Å²) in [4.78, 5) is 4.31. The van der Waals surface area contributed by atoms with Crippen molar-refractivity contribution < 1.29 is 0 Å². The molecule has 16 heavy (non-hydrogen) atoms. The van der Waals surface area contributed by atoms with Gasteiger partial charge in [0.2, 0.25) is 0 Å². The van der Waals surface area contributed by atoms with Crippen LogP contribution >= 0.6 is 0 Å². The van der Waals surface area contributed by atoms with Gasteiger partial charge in [0.25, 0.3) is 0 Å². The Balaban J connectivity index is 2.50. The van der Waals surface area contributed by atoms with Crippen molar-refractivity contribution in [1.82, 2.24) is 4.98 Å². The molecule has 0 saturated heterocycles. The molecular formula is C15H17N. The summed E-state index contributed by atoms with van der Waals surface area (Å²) in [5.41, 5.74) is 4.76. The molecule has 0 amide bonds. The summed E-state index contributed by atoms with van der Waals surface area (Å²) in [5.74, 6) is 0. The summed E-state index contributed by atoms with van der Waals surface area (Å²) in [5, 5.41) is 0. The fourth-order valence-electron chi connectivity index (χ4n) is 2.23. The van der Waals surface area contributed by atoms with Crippen LogP contribution in [0.15, 0.2) is 31.5 Å². The van der Waals surface area contributed by atoms with Gasteiger partial charge in [-0.05, 0) is 49.0 Å². The number of hydrogen-bond acceptors (Lipinski definition) is 1. The molecule has 82 valence electrons. The van der Waals surface area contributed by atoms with Crippen molar-refractivity contribution in [3.8, 4) is 0 Å². The van der Waals surface area contributed by atoms with E-state index in [2.05, 4.69) is 30.3 Å². The summed E-state index contributed by atoms with van der Waals surface area (Å²) in [6.07, 6.45) is 12.8. The number of aromatic nitrogens is 1. The maximum atomic E-state index is 4.31. The van der Waals surface area contributed by atoms with Gasteiger partial charge in [0.15, 0.2) is 0 Å². The predicted octanol–water partition coefficient (Wildman–Crippen LogP) is 4.33. The van der Waals surface area contributed by atoms with Gasteiger partial charge in [0.05, 0.1) is 5.69 Å². The summed E-state index contributed by atoms with van der Waals surface area (Å²) < 4.78 is 0. The Morgan fingerprint density at radius 2 is 2.06 bits per heavy atom. The first-order valence-corrected chi connectivity index (χ1v) is 5.80. The maximum absolute atomic E-state index is 4.31. The summed E-state index contributed by atoms with van der Waals surface area (Å²) in [6, 6.07) is 2.08. The van der Waals surface area contributed by atoms with E-state index in [4.69, 9.17) is 0 Å². The van der Waals surface area contributed by atoms with Crippen LogP contribution in [0.1, 0.15) is 42.5 Å². The maximum Gasteiger partial charge on any atom is 0.0701 e. The van der Waals surface area contributed by atoms with Crippen LogP contribution in [0.25, 0.3) is 17.7 Å². The zero-order chi connectivity index (χ0) is 11.4. The number of nitrogens with zero attached hydrogens (tertiary/aromatic N) is 1. The molecular weight excluding hydrogens is 194 g/mol. The zero-order valence-electron chi connectivity index (χ0n) is 9.58. The lowest BCUT2D eigenvalue weighted by atomic mass is 9.90. The fourth-order valence-corrected chi connectivity index (χ4v) is 2.23. The van der Waals surface area contributed by atoms with Crippen molar-refractivity contribution in [2.75, 3.05) is 0 Å². The SMILES string of the molecule is C=Cc1nccc(C2=CCCCC2)c1C=C. The Labute approximate surface area is 97.2 Å². The summed E-state index contributed by atoms with van der Waals surface area (Å²) in [7, 11) is 0. The average Bonchev–Trinajstić information content (AvgIpc) is 2.38.